The topological polar surface area (TPSA) is 81.2 Å². The van der Waals surface area contributed by atoms with E-state index in [0.717, 1.165) is 28.8 Å². The molecule has 0 unspecified atom stereocenters. The van der Waals surface area contributed by atoms with Crippen molar-refractivity contribution >= 4 is 40.7 Å². The van der Waals surface area contributed by atoms with Crippen LogP contribution in [-0.4, -0.2) is 49.0 Å². The molecular formula is C33H31Cl2N3O5. The number of carbonyl (C=O) groups is 2. The number of Topliss-reactive ketones (excluding diaryl/α,β-unsaturated/α-hetero) is 1. The van der Waals surface area contributed by atoms with Gasteiger partial charge in [-0.15, -0.1) is 0 Å². The van der Waals surface area contributed by atoms with Gasteiger partial charge in [-0.05, 0) is 78.6 Å². The highest BCUT2D eigenvalue weighted by atomic mass is 35.5. The third-order valence-corrected chi connectivity index (χ3v) is 7.96. The standard InChI is InChI=1S/C33H31Cl2N3O5/c1-21-15-25(38-14-4-13-37(33(38)40)20-23-5-10-30(41-2)31(17-23)42-3)8-11-29(21)43-32-12-6-22(19-36-32)16-28(39)24-7-9-26(34)27(35)18-24/h5-12,15,17-19H,4,13-14,16,20H2,1-3H3. The van der Waals surface area contributed by atoms with E-state index in [0.29, 0.717) is 58.4 Å². The second-order valence-electron chi connectivity index (χ2n) is 10.2. The molecule has 0 radical (unpaired) electrons. The van der Waals surface area contributed by atoms with Gasteiger partial charge >= 0.3 is 6.03 Å². The van der Waals surface area contributed by atoms with Crippen molar-refractivity contribution in [2.75, 3.05) is 32.2 Å². The lowest BCUT2D eigenvalue weighted by atomic mass is 10.0. The molecule has 1 saturated heterocycles. The molecule has 0 bridgehead atoms. The summed E-state index contributed by atoms with van der Waals surface area (Å²) in [7, 11) is 3.19. The molecule has 8 nitrogen and oxygen atoms in total. The number of carbonyl (C=O) groups excluding carboxylic acids is 2. The highest BCUT2D eigenvalue weighted by Gasteiger charge is 2.27. The lowest BCUT2D eigenvalue weighted by Gasteiger charge is -2.36. The molecule has 0 saturated carbocycles. The van der Waals surface area contributed by atoms with Gasteiger partial charge in [-0.2, -0.15) is 0 Å². The Bertz CT molecular complexity index is 1640. The van der Waals surface area contributed by atoms with E-state index in [2.05, 4.69) is 4.98 Å². The highest BCUT2D eigenvalue weighted by molar-refractivity contribution is 6.42. The minimum Gasteiger partial charge on any atom is -0.493 e. The van der Waals surface area contributed by atoms with Gasteiger partial charge in [-0.1, -0.05) is 35.3 Å². The molecule has 4 aromatic rings. The highest BCUT2D eigenvalue weighted by Crippen LogP contribution is 2.32. The second-order valence-corrected chi connectivity index (χ2v) is 11.0. The Morgan fingerprint density at radius 1 is 0.860 bits per heavy atom. The van der Waals surface area contributed by atoms with E-state index < -0.39 is 0 Å². The van der Waals surface area contributed by atoms with E-state index in [1.54, 1.807) is 55.6 Å². The summed E-state index contributed by atoms with van der Waals surface area (Å²) in [6.07, 6.45) is 2.64. The molecule has 0 spiro atoms. The molecule has 10 heteroatoms. The van der Waals surface area contributed by atoms with Gasteiger partial charge in [0.25, 0.3) is 0 Å². The molecular weight excluding hydrogens is 589 g/mol. The largest absolute Gasteiger partial charge is 0.493 e. The van der Waals surface area contributed by atoms with E-state index in [1.807, 2.05) is 48.2 Å². The summed E-state index contributed by atoms with van der Waals surface area (Å²) in [4.78, 5) is 34.1. The normalized spacial score (nSPS) is 13.2. The van der Waals surface area contributed by atoms with Crippen molar-refractivity contribution in [1.82, 2.24) is 9.88 Å². The molecule has 0 aliphatic carbocycles. The molecule has 0 atom stereocenters. The molecule has 0 N–H and O–H groups in total. The summed E-state index contributed by atoms with van der Waals surface area (Å²) in [6.45, 7) is 3.70. The fraction of sp³-hybridized carbons (Fsp3) is 0.242. The maximum absolute atomic E-state index is 13.4. The zero-order chi connectivity index (χ0) is 30.5. The van der Waals surface area contributed by atoms with Crippen molar-refractivity contribution in [2.24, 2.45) is 0 Å². The average molecular weight is 621 g/mol. The number of urea groups is 1. The third-order valence-electron chi connectivity index (χ3n) is 7.22. The zero-order valence-corrected chi connectivity index (χ0v) is 25.6. The lowest BCUT2D eigenvalue weighted by molar-refractivity contribution is 0.0992. The number of halogens is 2. The summed E-state index contributed by atoms with van der Waals surface area (Å²) in [5, 5.41) is 0.743. The molecule has 5 rings (SSSR count). The minimum atomic E-state index is -0.0879. The number of methoxy groups -OCH3 is 2. The monoisotopic (exact) mass is 619 g/mol. The Morgan fingerprint density at radius 2 is 1.63 bits per heavy atom. The minimum absolute atomic E-state index is 0.0539. The van der Waals surface area contributed by atoms with E-state index >= 15 is 0 Å². The van der Waals surface area contributed by atoms with Gasteiger partial charge in [-0.3, -0.25) is 9.69 Å². The Hall–Kier alpha value is -4.27. The van der Waals surface area contributed by atoms with Crippen molar-refractivity contribution in [1.29, 1.82) is 0 Å². The van der Waals surface area contributed by atoms with Crippen LogP contribution in [0.2, 0.25) is 10.0 Å². The van der Waals surface area contributed by atoms with Crippen LogP contribution >= 0.6 is 23.2 Å². The van der Waals surface area contributed by atoms with Gasteiger partial charge in [0, 0.05) is 49.6 Å². The Balaban J connectivity index is 1.22. The first-order valence-electron chi connectivity index (χ1n) is 13.7. The van der Waals surface area contributed by atoms with Crippen molar-refractivity contribution in [3.63, 3.8) is 0 Å². The number of ether oxygens (including phenoxy) is 3. The average Bonchev–Trinajstić information content (AvgIpc) is 3.01. The van der Waals surface area contributed by atoms with Gasteiger partial charge in [0.2, 0.25) is 5.88 Å². The quantitative estimate of drug-likeness (QED) is 0.169. The van der Waals surface area contributed by atoms with Crippen molar-refractivity contribution < 1.29 is 23.8 Å². The summed E-state index contributed by atoms with van der Waals surface area (Å²) in [5.41, 5.74) is 3.86. The number of benzene rings is 3. The van der Waals surface area contributed by atoms with Crippen LogP contribution in [0, 0.1) is 6.92 Å². The fourth-order valence-electron chi connectivity index (χ4n) is 4.93. The molecule has 2 heterocycles. The molecule has 1 aromatic heterocycles. The van der Waals surface area contributed by atoms with Crippen molar-refractivity contribution in [2.45, 2.75) is 26.3 Å². The molecule has 222 valence electrons. The second kappa shape index (κ2) is 13.4. The molecule has 1 fully saturated rings. The molecule has 3 aromatic carbocycles. The predicted octanol–water partition coefficient (Wildman–Crippen LogP) is 7.76. The number of rotatable bonds is 10. The number of hydrogen-bond donors (Lipinski definition) is 0. The van der Waals surface area contributed by atoms with E-state index in [9.17, 15) is 9.59 Å². The van der Waals surface area contributed by atoms with Gasteiger partial charge in [-0.25, -0.2) is 9.78 Å². The van der Waals surface area contributed by atoms with Gasteiger partial charge < -0.3 is 19.1 Å². The number of pyridine rings is 1. The third kappa shape index (κ3) is 7.04. The number of anilines is 1. The van der Waals surface area contributed by atoms with Crippen LogP contribution in [0.15, 0.2) is 72.9 Å². The van der Waals surface area contributed by atoms with E-state index in [4.69, 9.17) is 37.4 Å². The summed E-state index contributed by atoms with van der Waals surface area (Å²) in [6, 6.07) is 19.7. The number of hydrogen-bond acceptors (Lipinski definition) is 6. The fourth-order valence-corrected chi connectivity index (χ4v) is 5.23. The van der Waals surface area contributed by atoms with Crippen molar-refractivity contribution in [3.05, 3.63) is 105 Å². The van der Waals surface area contributed by atoms with Gasteiger partial charge in [0.15, 0.2) is 17.3 Å². The Morgan fingerprint density at radius 3 is 2.33 bits per heavy atom. The number of aryl methyl sites for hydroxylation is 1. The smallest absolute Gasteiger partial charge is 0.324 e. The SMILES string of the molecule is COc1ccc(CN2CCCN(c3ccc(Oc4ccc(CC(=O)c5ccc(Cl)c(Cl)c5)cn4)c(C)c3)C2=O)cc1OC. The van der Waals surface area contributed by atoms with Crippen LogP contribution < -0.4 is 19.1 Å². The summed E-state index contributed by atoms with van der Waals surface area (Å²) in [5.74, 6) is 2.22. The summed E-state index contributed by atoms with van der Waals surface area (Å²) < 4.78 is 16.8. The number of amides is 2. The van der Waals surface area contributed by atoms with Crippen LogP contribution in [-0.2, 0) is 13.0 Å². The predicted molar refractivity (Wildman–Crippen MR) is 167 cm³/mol. The summed E-state index contributed by atoms with van der Waals surface area (Å²) >= 11 is 12.0. The number of nitrogens with zero attached hydrogens (tertiary/aromatic N) is 3. The van der Waals surface area contributed by atoms with Crippen LogP contribution in [0.4, 0.5) is 10.5 Å². The maximum atomic E-state index is 13.4. The number of aromatic nitrogens is 1. The molecule has 1 aliphatic rings. The van der Waals surface area contributed by atoms with Crippen LogP contribution in [0.3, 0.4) is 0 Å². The van der Waals surface area contributed by atoms with Crippen LogP contribution in [0.25, 0.3) is 0 Å². The molecule has 1 aliphatic heterocycles. The number of ketones is 1. The Labute approximate surface area is 260 Å². The van der Waals surface area contributed by atoms with Crippen LogP contribution in [0.5, 0.6) is 23.1 Å². The first-order valence-corrected chi connectivity index (χ1v) is 14.5. The molecule has 2 amide bonds. The van der Waals surface area contributed by atoms with Crippen molar-refractivity contribution in [3.8, 4) is 23.1 Å². The molecule has 43 heavy (non-hydrogen) atoms. The Kier molecular flexibility index (Phi) is 9.38. The van der Waals surface area contributed by atoms with Crippen LogP contribution in [0.1, 0.15) is 33.5 Å². The van der Waals surface area contributed by atoms with Gasteiger partial charge in [0.05, 0.1) is 24.3 Å². The lowest BCUT2D eigenvalue weighted by Crippen LogP contribution is -2.49. The first kappa shape index (κ1) is 30.2. The van der Waals surface area contributed by atoms with E-state index in [-0.39, 0.29) is 18.2 Å². The first-order chi connectivity index (χ1) is 20.7. The van der Waals surface area contributed by atoms with Gasteiger partial charge in [0.1, 0.15) is 5.75 Å². The maximum Gasteiger partial charge on any atom is 0.324 e. The van der Waals surface area contributed by atoms with E-state index in [1.165, 1.54) is 0 Å². The zero-order valence-electron chi connectivity index (χ0n) is 24.1.